The third kappa shape index (κ3) is 4.95. The highest BCUT2D eigenvalue weighted by Crippen LogP contribution is 2.21. The lowest BCUT2D eigenvalue weighted by Crippen LogP contribution is -2.40. The number of hydrogen-bond donors (Lipinski definition) is 1. The van der Waals surface area contributed by atoms with E-state index in [2.05, 4.69) is 24.1 Å². The molecule has 0 aromatic heterocycles. The van der Waals surface area contributed by atoms with Gasteiger partial charge in [-0.25, -0.2) is 0 Å². The summed E-state index contributed by atoms with van der Waals surface area (Å²) in [5.74, 6) is 1.49. The largest absolute Gasteiger partial charge is 0.326 e. The fraction of sp³-hybridized carbons (Fsp3) is 0.556. The Morgan fingerprint density at radius 1 is 1.14 bits per heavy atom. The summed E-state index contributed by atoms with van der Waals surface area (Å²) in [4.78, 5) is 25.6. The number of Topliss-reactive ketones (excluding diaryl/α,β-unsaturated/α-hetero) is 1. The number of hydrogen-bond acceptors (Lipinski definition) is 3. The number of likely N-dealkylation sites (tertiary alicyclic amines) is 1. The summed E-state index contributed by atoms with van der Waals surface area (Å²) < 4.78 is 0. The van der Waals surface area contributed by atoms with Crippen LogP contribution in [0.25, 0.3) is 0 Å². The zero-order valence-corrected chi connectivity index (χ0v) is 13.8. The number of rotatable bonds is 5. The summed E-state index contributed by atoms with van der Waals surface area (Å²) in [6.45, 7) is 9.08. The highest BCUT2D eigenvalue weighted by Gasteiger charge is 2.21. The molecule has 1 aromatic carbocycles. The van der Waals surface area contributed by atoms with Crippen LogP contribution in [0.15, 0.2) is 24.3 Å². The fourth-order valence-electron chi connectivity index (χ4n) is 3.25. The van der Waals surface area contributed by atoms with Gasteiger partial charge in [0, 0.05) is 37.3 Å². The molecule has 1 heterocycles. The van der Waals surface area contributed by atoms with E-state index in [1.807, 2.05) is 0 Å². The number of nitrogens with zero attached hydrogens (tertiary/aromatic N) is 1. The van der Waals surface area contributed by atoms with E-state index in [1.54, 1.807) is 24.3 Å². The Labute approximate surface area is 132 Å². The third-order valence-corrected chi connectivity index (χ3v) is 4.17. The molecule has 1 N–H and O–H groups in total. The molecule has 1 aliphatic rings. The highest BCUT2D eigenvalue weighted by molar-refractivity contribution is 5.95. The van der Waals surface area contributed by atoms with Crippen LogP contribution in [0.2, 0.25) is 0 Å². The third-order valence-electron chi connectivity index (χ3n) is 4.17. The number of carbonyl (C=O) groups is 2. The van der Waals surface area contributed by atoms with E-state index < -0.39 is 0 Å². The first-order valence-electron chi connectivity index (χ1n) is 8.07. The summed E-state index contributed by atoms with van der Waals surface area (Å²) in [5, 5.41) is 2.89. The van der Waals surface area contributed by atoms with E-state index in [9.17, 15) is 9.59 Å². The average Bonchev–Trinajstić information content (AvgIpc) is 2.45. The maximum absolute atomic E-state index is 12.0. The van der Waals surface area contributed by atoms with Crippen molar-refractivity contribution < 1.29 is 9.59 Å². The van der Waals surface area contributed by atoms with Crippen molar-refractivity contribution in [2.75, 3.05) is 25.0 Å². The Hall–Kier alpha value is -1.68. The van der Waals surface area contributed by atoms with Crippen molar-refractivity contribution in [3.63, 3.8) is 0 Å². The Morgan fingerprint density at radius 3 is 2.27 bits per heavy atom. The van der Waals surface area contributed by atoms with Crippen LogP contribution in [-0.2, 0) is 4.79 Å². The van der Waals surface area contributed by atoms with Crippen LogP contribution in [0.4, 0.5) is 5.69 Å². The summed E-state index contributed by atoms with van der Waals surface area (Å²) in [5.41, 5.74) is 1.41. The SMILES string of the molecule is CC(=O)c1ccc(NC(=O)CCN2C[C@@H](C)C[C@H](C)C2)cc1. The van der Waals surface area contributed by atoms with Crippen molar-refractivity contribution in [1.82, 2.24) is 4.90 Å². The van der Waals surface area contributed by atoms with Crippen molar-refractivity contribution in [1.29, 1.82) is 0 Å². The molecule has 0 unspecified atom stereocenters. The van der Waals surface area contributed by atoms with Crippen molar-refractivity contribution in [2.24, 2.45) is 11.8 Å². The second-order valence-electron chi connectivity index (χ2n) is 6.64. The molecule has 1 saturated heterocycles. The molecule has 1 aliphatic heterocycles. The summed E-state index contributed by atoms with van der Waals surface area (Å²) in [6, 6.07) is 7.04. The van der Waals surface area contributed by atoms with Gasteiger partial charge in [0.05, 0.1) is 0 Å². The van der Waals surface area contributed by atoms with Gasteiger partial charge in [0.2, 0.25) is 5.91 Å². The van der Waals surface area contributed by atoms with Gasteiger partial charge in [-0.05, 0) is 49.4 Å². The Balaban J connectivity index is 1.79. The predicted octanol–water partition coefficient (Wildman–Crippen LogP) is 3.20. The van der Waals surface area contributed by atoms with Gasteiger partial charge < -0.3 is 10.2 Å². The molecule has 1 aromatic rings. The van der Waals surface area contributed by atoms with Gasteiger partial charge in [0.1, 0.15) is 0 Å². The van der Waals surface area contributed by atoms with E-state index in [4.69, 9.17) is 0 Å². The molecule has 2 rings (SSSR count). The second kappa shape index (κ2) is 7.54. The van der Waals surface area contributed by atoms with E-state index in [0.29, 0.717) is 23.8 Å². The summed E-state index contributed by atoms with van der Waals surface area (Å²) >= 11 is 0. The molecule has 1 fully saturated rings. The molecule has 4 nitrogen and oxygen atoms in total. The second-order valence-corrected chi connectivity index (χ2v) is 6.64. The molecule has 4 heteroatoms. The van der Waals surface area contributed by atoms with Gasteiger partial charge in [-0.15, -0.1) is 0 Å². The van der Waals surface area contributed by atoms with E-state index in [1.165, 1.54) is 13.3 Å². The molecule has 1 amide bonds. The minimum absolute atomic E-state index is 0.0291. The fourth-order valence-corrected chi connectivity index (χ4v) is 3.25. The Kier molecular flexibility index (Phi) is 5.72. The topological polar surface area (TPSA) is 49.4 Å². The van der Waals surface area contributed by atoms with Gasteiger partial charge in [-0.1, -0.05) is 13.8 Å². The van der Waals surface area contributed by atoms with Crippen LogP contribution >= 0.6 is 0 Å². The minimum Gasteiger partial charge on any atom is -0.326 e. The number of carbonyl (C=O) groups excluding carboxylic acids is 2. The molecule has 120 valence electrons. The number of benzene rings is 1. The quantitative estimate of drug-likeness (QED) is 0.850. The molecule has 0 spiro atoms. The molecule has 22 heavy (non-hydrogen) atoms. The molecule has 0 aliphatic carbocycles. The molecule has 0 bridgehead atoms. The van der Waals surface area contributed by atoms with Crippen molar-refractivity contribution >= 4 is 17.4 Å². The molecule has 0 radical (unpaired) electrons. The van der Waals surface area contributed by atoms with Crippen LogP contribution in [0.3, 0.4) is 0 Å². The van der Waals surface area contributed by atoms with Crippen LogP contribution in [0.5, 0.6) is 0 Å². The maximum Gasteiger partial charge on any atom is 0.225 e. The van der Waals surface area contributed by atoms with Crippen molar-refractivity contribution in [3.8, 4) is 0 Å². The van der Waals surface area contributed by atoms with Crippen LogP contribution in [-0.4, -0.2) is 36.2 Å². The van der Waals surface area contributed by atoms with E-state index in [-0.39, 0.29) is 11.7 Å². The zero-order valence-electron chi connectivity index (χ0n) is 13.8. The summed E-state index contributed by atoms with van der Waals surface area (Å²) in [7, 11) is 0. The first-order chi connectivity index (χ1) is 10.4. The lowest BCUT2D eigenvalue weighted by atomic mass is 9.92. The van der Waals surface area contributed by atoms with Gasteiger partial charge in [-0.3, -0.25) is 9.59 Å². The van der Waals surface area contributed by atoms with Crippen molar-refractivity contribution in [2.45, 2.75) is 33.6 Å². The Bertz CT molecular complexity index is 514. The molecule has 0 saturated carbocycles. The highest BCUT2D eigenvalue weighted by atomic mass is 16.1. The molecule has 2 atom stereocenters. The lowest BCUT2D eigenvalue weighted by molar-refractivity contribution is -0.116. The molecular formula is C18H26N2O2. The molecular weight excluding hydrogens is 276 g/mol. The first kappa shape index (κ1) is 16.7. The monoisotopic (exact) mass is 302 g/mol. The number of anilines is 1. The number of amides is 1. The van der Waals surface area contributed by atoms with Gasteiger partial charge >= 0.3 is 0 Å². The minimum atomic E-state index is 0.0291. The predicted molar refractivity (Wildman–Crippen MR) is 89.1 cm³/mol. The van der Waals surface area contributed by atoms with Crippen LogP contribution in [0, 0.1) is 11.8 Å². The maximum atomic E-state index is 12.0. The lowest BCUT2D eigenvalue weighted by Gasteiger charge is -2.34. The van der Waals surface area contributed by atoms with Gasteiger partial charge in [0.25, 0.3) is 0 Å². The average molecular weight is 302 g/mol. The standard InChI is InChI=1S/C18H26N2O2/c1-13-10-14(2)12-20(11-13)9-8-18(22)19-17-6-4-16(5-7-17)15(3)21/h4-7,13-14H,8-12H2,1-3H3,(H,19,22)/t13-,14-/m0/s1. The van der Waals surface area contributed by atoms with Crippen LogP contribution in [0.1, 0.15) is 44.0 Å². The number of nitrogens with one attached hydrogen (secondary N) is 1. The number of ketones is 1. The van der Waals surface area contributed by atoms with Crippen LogP contribution < -0.4 is 5.32 Å². The zero-order chi connectivity index (χ0) is 16.1. The smallest absolute Gasteiger partial charge is 0.225 e. The van der Waals surface area contributed by atoms with Crippen molar-refractivity contribution in [3.05, 3.63) is 29.8 Å². The first-order valence-corrected chi connectivity index (χ1v) is 8.07. The normalized spacial score (nSPS) is 22.3. The number of piperidine rings is 1. The van der Waals surface area contributed by atoms with Gasteiger partial charge in [-0.2, -0.15) is 0 Å². The van der Waals surface area contributed by atoms with E-state index in [0.717, 1.165) is 25.3 Å². The van der Waals surface area contributed by atoms with E-state index >= 15 is 0 Å². The van der Waals surface area contributed by atoms with Gasteiger partial charge in [0.15, 0.2) is 5.78 Å². The Morgan fingerprint density at radius 2 is 1.73 bits per heavy atom. The summed E-state index contributed by atoms with van der Waals surface area (Å²) in [6.07, 6.45) is 1.79.